The third-order valence-electron chi connectivity index (χ3n) is 2.99. The molecule has 112 valence electrons. The molecule has 0 aliphatic heterocycles. The fourth-order valence-corrected chi connectivity index (χ4v) is 1.47. The number of halogens is 4. The van der Waals surface area contributed by atoms with E-state index in [4.69, 9.17) is 5.11 Å². The predicted molar refractivity (Wildman–Crippen MR) is 64.6 cm³/mol. The van der Waals surface area contributed by atoms with Crippen molar-refractivity contribution in [3.8, 4) is 0 Å². The van der Waals surface area contributed by atoms with Crippen molar-refractivity contribution in [1.29, 1.82) is 0 Å². The molecule has 0 heterocycles. The average Bonchev–Trinajstić information content (AvgIpc) is 2.35. The molecule has 0 spiro atoms. The van der Waals surface area contributed by atoms with Crippen molar-refractivity contribution in [2.45, 2.75) is 26.1 Å². The Morgan fingerprint density at radius 1 is 1.30 bits per heavy atom. The van der Waals surface area contributed by atoms with Gasteiger partial charge in [-0.2, -0.15) is 13.2 Å². The summed E-state index contributed by atoms with van der Waals surface area (Å²) in [4.78, 5) is 11.8. The largest absolute Gasteiger partial charge is 0.416 e. The number of aliphatic hydroxyl groups excluding tert-OH is 1. The molecule has 7 heteroatoms. The van der Waals surface area contributed by atoms with Gasteiger partial charge in [0.1, 0.15) is 5.82 Å². The number of alkyl halides is 3. The van der Waals surface area contributed by atoms with E-state index in [0.717, 1.165) is 6.07 Å². The van der Waals surface area contributed by atoms with Gasteiger partial charge in [-0.15, -0.1) is 0 Å². The van der Waals surface area contributed by atoms with Crippen LogP contribution in [-0.2, 0) is 6.18 Å². The van der Waals surface area contributed by atoms with Crippen molar-refractivity contribution in [3.63, 3.8) is 0 Å². The molecule has 0 radical (unpaired) electrons. The monoisotopic (exact) mass is 293 g/mol. The van der Waals surface area contributed by atoms with Gasteiger partial charge in [-0.05, 0) is 31.0 Å². The molecule has 0 aliphatic carbocycles. The zero-order valence-electron chi connectivity index (χ0n) is 11.0. The molecular formula is C13H15F4NO2. The summed E-state index contributed by atoms with van der Waals surface area (Å²) in [6.07, 6.45) is -4.72. The fourth-order valence-electron chi connectivity index (χ4n) is 1.47. The van der Waals surface area contributed by atoms with E-state index in [9.17, 15) is 22.4 Å². The summed E-state index contributed by atoms with van der Waals surface area (Å²) in [6, 6.07) is 1.21. The molecule has 3 nitrogen and oxygen atoms in total. The van der Waals surface area contributed by atoms with Gasteiger partial charge in [-0.3, -0.25) is 4.79 Å². The number of hydrogen-bond donors (Lipinski definition) is 2. The van der Waals surface area contributed by atoms with E-state index in [1.807, 2.05) is 0 Å². The number of hydrogen-bond acceptors (Lipinski definition) is 2. The van der Waals surface area contributed by atoms with E-state index in [1.165, 1.54) is 0 Å². The van der Waals surface area contributed by atoms with Crippen LogP contribution in [0, 0.1) is 11.7 Å². The van der Waals surface area contributed by atoms with Crippen LogP contribution < -0.4 is 5.32 Å². The average molecular weight is 293 g/mol. The van der Waals surface area contributed by atoms with Crippen molar-refractivity contribution in [1.82, 2.24) is 5.32 Å². The Hall–Kier alpha value is -1.63. The van der Waals surface area contributed by atoms with E-state index in [1.54, 1.807) is 13.8 Å². The highest BCUT2D eigenvalue weighted by Crippen LogP contribution is 2.30. The van der Waals surface area contributed by atoms with Crippen molar-refractivity contribution < 1.29 is 27.5 Å². The van der Waals surface area contributed by atoms with Crippen LogP contribution in [0.5, 0.6) is 0 Å². The first kappa shape index (κ1) is 16.4. The summed E-state index contributed by atoms with van der Waals surface area (Å²) < 4.78 is 50.7. The van der Waals surface area contributed by atoms with Crippen molar-refractivity contribution >= 4 is 5.91 Å². The number of carbonyl (C=O) groups excluding carboxylic acids is 1. The smallest absolute Gasteiger partial charge is 0.396 e. The maximum absolute atomic E-state index is 13.2. The van der Waals surface area contributed by atoms with Gasteiger partial charge in [0.15, 0.2) is 0 Å². The lowest BCUT2D eigenvalue weighted by atomic mass is 10.0. The SMILES string of the molecule is C[C@H](CO)[C@@H](C)NC(=O)c1cc(F)cc(C(F)(F)F)c1. The summed E-state index contributed by atoms with van der Waals surface area (Å²) in [5, 5.41) is 11.3. The summed E-state index contributed by atoms with van der Waals surface area (Å²) in [6.45, 7) is 3.08. The van der Waals surface area contributed by atoms with Crippen LogP contribution in [-0.4, -0.2) is 23.7 Å². The Morgan fingerprint density at radius 2 is 1.90 bits per heavy atom. The Balaban J connectivity index is 2.97. The molecule has 0 fully saturated rings. The first-order chi connectivity index (χ1) is 9.15. The van der Waals surface area contributed by atoms with E-state index >= 15 is 0 Å². The molecule has 0 saturated heterocycles. The van der Waals surface area contributed by atoms with Gasteiger partial charge in [0.05, 0.1) is 5.56 Å². The Kier molecular flexibility index (Phi) is 5.10. The second-order valence-electron chi connectivity index (χ2n) is 4.65. The number of benzene rings is 1. The lowest BCUT2D eigenvalue weighted by molar-refractivity contribution is -0.137. The first-order valence-electron chi connectivity index (χ1n) is 5.94. The Morgan fingerprint density at radius 3 is 2.40 bits per heavy atom. The highest BCUT2D eigenvalue weighted by molar-refractivity contribution is 5.94. The van der Waals surface area contributed by atoms with Crippen LogP contribution in [0.25, 0.3) is 0 Å². The molecule has 0 saturated carbocycles. The number of nitrogens with one attached hydrogen (secondary N) is 1. The highest BCUT2D eigenvalue weighted by atomic mass is 19.4. The van der Waals surface area contributed by atoms with Gasteiger partial charge in [-0.1, -0.05) is 6.92 Å². The van der Waals surface area contributed by atoms with Crippen molar-refractivity contribution in [2.24, 2.45) is 5.92 Å². The first-order valence-corrected chi connectivity index (χ1v) is 5.94. The minimum Gasteiger partial charge on any atom is -0.396 e. The molecule has 20 heavy (non-hydrogen) atoms. The molecule has 0 aromatic heterocycles. The van der Waals surface area contributed by atoms with Crippen molar-refractivity contribution in [2.75, 3.05) is 6.61 Å². The van der Waals surface area contributed by atoms with Crippen molar-refractivity contribution in [3.05, 3.63) is 35.1 Å². The summed E-state index contributed by atoms with van der Waals surface area (Å²) >= 11 is 0. The molecule has 0 unspecified atom stereocenters. The van der Waals surface area contributed by atoms with Crippen LogP contribution in [0.2, 0.25) is 0 Å². The van der Waals surface area contributed by atoms with Gasteiger partial charge in [-0.25, -0.2) is 4.39 Å². The highest BCUT2D eigenvalue weighted by Gasteiger charge is 2.32. The van der Waals surface area contributed by atoms with E-state index in [2.05, 4.69) is 5.32 Å². The predicted octanol–water partition coefficient (Wildman–Crippen LogP) is 2.59. The third-order valence-corrected chi connectivity index (χ3v) is 2.99. The van der Waals surface area contributed by atoms with E-state index < -0.39 is 35.1 Å². The normalized spacial score (nSPS) is 14.8. The van der Waals surface area contributed by atoms with Gasteiger partial charge in [0.25, 0.3) is 5.91 Å². The zero-order valence-corrected chi connectivity index (χ0v) is 11.0. The molecule has 1 aromatic rings. The topological polar surface area (TPSA) is 49.3 Å². The minimum atomic E-state index is -4.72. The van der Waals surface area contributed by atoms with E-state index in [0.29, 0.717) is 12.1 Å². The fraction of sp³-hybridized carbons (Fsp3) is 0.462. The minimum absolute atomic E-state index is 0.182. The number of aliphatic hydroxyl groups is 1. The van der Waals surface area contributed by atoms with Gasteiger partial charge >= 0.3 is 6.18 Å². The molecule has 1 aromatic carbocycles. The number of carbonyl (C=O) groups is 1. The second-order valence-corrected chi connectivity index (χ2v) is 4.65. The lowest BCUT2D eigenvalue weighted by Crippen LogP contribution is -2.38. The molecule has 2 atom stereocenters. The molecule has 0 aliphatic rings. The van der Waals surface area contributed by atoms with Gasteiger partial charge in [0.2, 0.25) is 0 Å². The quantitative estimate of drug-likeness (QED) is 0.838. The Bertz CT molecular complexity index is 488. The van der Waals surface area contributed by atoms with Crippen LogP contribution in [0.15, 0.2) is 18.2 Å². The summed E-state index contributed by atoms with van der Waals surface area (Å²) in [7, 11) is 0. The number of amides is 1. The van der Waals surface area contributed by atoms with E-state index in [-0.39, 0.29) is 12.5 Å². The number of rotatable bonds is 4. The standard InChI is InChI=1S/C13H15F4NO2/c1-7(6-19)8(2)18-12(20)9-3-10(13(15,16)17)5-11(14)4-9/h3-5,7-8,19H,6H2,1-2H3,(H,18,20)/t7-,8-/m1/s1. The lowest BCUT2D eigenvalue weighted by Gasteiger charge is -2.19. The zero-order chi connectivity index (χ0) is 15.5. The molecular weight excluding hydrogens is 278 g/mol. The summed E-state index contributed by atoms with van der Waals surface area (Å²) in [5.74, 6) is -2.22. The van der Waals surface area contributed by atoms with Crippen LogP contribution in [0.4, 0.5) is 17.6 Å². The van der Waals surface area contributed by atoms with Crippen LogP contribution >= 0.6 is 0 Å². The van der Waals surface area contributed by atoms with Gasteiger partial charge in [0, 0.05) is 18.2 Å². The molecule has 1 amide bonds. The molecule has 1 rings (SSSR count). The third kappa shape index (κ3) is 4.19. The molecule has 0 bridgehead atoms. The maximum atomic E-state index is 13.2. The Labute approximate surface area is 113 Å². The summed E-state index contributed by atoms with van der Waals surface area (Å²) in [5.41, 5.74) is -1.63. The van der Waals surface area contributed by atoms with Crippen LogP contribution in [0.3, 0.4) is 0 Å². The van der Waals surface area contributed by atoms with Gasteiger partial charge < -0.3 is 10.4 Å². The van der Waals surface area contributed by atoms with Crippen LogP contribution in [0.1, 0.15) is 29.8 Å². The molecule has 2 N–H and O–H groups in total. The second kappa shape index (κ2) is 6.21. The maximum Gasteiger partial charge on any atom is 0.416 e.